The maximum Gasteiger partial charge on any atom is 0.326 e. The Balaban J connectivity index is 2.15. The van der Waals surface area contributed by atoms with Crippen LogP contribution in [-0.2, 0) is 20.9 Å². The molecule has 0 radical (unpaired) electrons. The molecule has 6 heteroatoms. The molecule has 1 heterocycles. The molecule has 0 atom stereocenters. The first-order valence-corrected chi connectivity index (χ1v) is 6.84. The van der Waals surface area contributed by atoms with Crippen LogP contribution in [0.5, 0.6) is 5.75 Å². The maximum atomic E-state index is 12.0. The van der Waals surface area contributed by atoms with Crippen molar-refractivity contribution in [3.8, 4) is 5.75 Å². The lowest BCUT2D eigenvalue weighted by molar-refractivity contribution is -0.144. The number of nitrogens with zero attached hydrogens (tertiary/aromatic N) is 1. The first-order chi connectivity index (χ1) is 10.0. The zero-order valence-corrected chi connectivity index (χ0v) is 12.2. The molecule has 0 fully saturated rings. The molecule has 0 bridgehead atoms. The van der Waals surface area contributed by atoms with Crippen LogP contribution in [0.4, 0.5) is 5.69 Å². The van der Waals surface area contributed by atoms with Crippen LogP contribution in [0.3, 0.4) is 0 Å². The molecule has 1 N–H and O–H groups in total. The first kappa shape index (κ1) is 15.3. The average molecular weight is 293 g/mol. The second kappa shape index (κ2) is 6.58. The van der Waals surface area contributed by atoms with Gasteiger partial charge in [-0.2, -0.15) is 0 Å². The van der Waals surface area contributed by atoms with Crippen molar-refractivity contribution in [1.82, 2.24) is 0 Å². The van der Waals surface area contributed by atoms with Gasteiger partial charge in [0.2, 0.25) is 0 Å². The number of hydrogen-bond acceptors (Lipinski definition) is 5. The Kier molecular flexibility index (Phi) is 4.80. The van der Waals surface area contributed by atoms with Gasteiger partial charge in [-0.3, -0.25) is 14.5 Å². The van der Waals surface area contributed by atoms with Gasteiger partial charge in [0.25, 0.3) is 5.91 Å². The number of hydrogen-bond donors (Lipinski definition) is 1. The number of ether oxygens (including phenoxy) is 2. The van der Waals surface area contributed by atoms with E-state index in [1.165, 1.54) is 4.90 Å². The standard InChI is InChI=1S/C15H19NO5/c1-10(2)8-21-15(19)6-16-12-5-11(7-17)3-4-13(12)20-9-14(16)18/h3-5,10,17H,6-9H2,1-2H3. The third kappa shape index (κ3) is 3.72. The first-order valence-electron chi connectivity index (χ1n) is 6.84. The van der Waals surface area contributed by atoms with Gasteiger partial charge in [-0.15, -0.1) is 0 Å². The quantitative estimate of drug-likeness (QED) is 0.823. The summed E-state index contributed by atoms with van der Waals surface area (Å²) in [6.45, 7) is 3.79. The minimum absolute atomic E-state index is 0.108. The van der Waals surface area contributed by atoms with E-state index in [4.69, 9.17) is 9.47 Å². The molecule has 1 aromatic rings. The monoisotopic (exact) mass is 293 g/mol. The number of anilines is 1. The Morgan fingerprint density at radius 2 is 2.24 bits per heavy atom. The van der Waals surface area contributed by atoms with E-state index in [-0.39, 0.29) is 31.6 Å². The maximum absolute atomic E-state index is 12.0. The molecular formula is C15H19NO5. The van der Waals surface area contributed by atoms with Gasteiger partial charge < -0.3 is 14.6 Å². The summed E-state index contributed by atoms with van der Waals surface area (Å²) in [7, 11) is 0. The topological polar surface area (TPSA) is 76.1 Å². The lowest BCUT2D eigenvalue weighted by atomic mass is 10.1. The summed E-state index contributed by atoms with van der Waals surface area (Å²) < 4.78 is 10.4. The van der Waals surface area contributed by atoms with E-state index in [2.05, 4.69) is 0 Å². The van der Waals surface area contributed by atoms with E-state index in [1.54, 1.807) is 18.2 Å². The summed E-state index contributed by atoms with van der Waals surface area (Å²) >= 11 is 0. The Morgan fingerprint density at radius 3 is 2.90 bits per heavy atom. The normalized spacial score (nSPS) is 13.9. The van der Waals surface area contributed by atoms with Crippen LogP contribution in [0.25, 0.3) is 0 Å². The molecular weight excluding hydrogens is 274 g/mol. The van der Waals surface area contributed by atoms with Crippen LogP contribution < -0.4 is 9.64 Å². The molecule has 0 saturated heterocycles. The molecule has 0 aromatic heterocycles. The molecule has 1 aliphatic heterocycles. The Morgan fingerprint density at radius 1 is 1.48 bits per heavy atom. The summed E-state index contributed by atoms with van der Waals surface area (Å²) in [5.74, 6) is -0.00975. The molecule has 0 unspecified atom stereocenters. The van der Waals surface area contributed by atoms with Crippen molar-refractivity contribution in [3.63, 3.8) is 0 Å². The zero-order chi connectivity index (χ0) is 15.4. The highest BCUT2D eigenvalue weighted by Crippen LogP contribution is 2.32. The van der Waals surface area contributed by atoms with E-state index in [0.717, 1.165) is 0 Å². The summed E-state index contributed by atoms with van der Waals surface area (Å²) in [6, 6.07) is 5.03. The Labute approximate surface area is 123 Å². The van der Waals surface area contributed by atoms with Crippen molar-refractivity contribution in [2.45, 2.75) is 20.5 Å². The van der Waals surface area contributed by atoms with E-state index >= 15 is 0 Å². The van der Waals surface area contributed by atoms with Crippen molar-refractivity contribution in [1.29, 1.82) is 0 Å². The highest BCUT2D eigenvalue weighted by molar-refractivity contribution is 6.01. The second-order valence-electron chi connectivity index (χ2n) is 5.31. The van der Waals surface area contributed by atoms with Crippen LogP contribution >= 0.6 is 0 Å². The molecule has 0 spiro atoms. The number of benzene rings is 1. The molecule has 6 nitrogen and oxygen atoms in total. The molecule has 21 heavy (non-hydrogen) atoms. The Bertz CT molecular complexity index is 541. The summed E-state index contributed by atoms with van der Waals surface area (Å²) in [4.78, 5) is 25.1. The lowest BCUT2D eigenvalue weighted by Crippen LogP contribution is -2.42. The molecule has 1 amide bonds. The van der Waals surface area contributed by atoms with E-state index in [1.807, 2.05) is 13.8 Å². The number of carbonyl (C=O) groups excluding carboxylic acids is 2. The van der Waals surface area contributed by atoms with Gasteiger partial charge in [-0.25, -0.2) is 0 Å². The number of esters is 1. The summed E-state index contributed by atoms with van der Waals surface area (Å²) in [6.07, 6.45) is 0. The van der Waals surface area contributed by atoms with Gasteiger partial charge in [0.1, 0.15) is 12.3 Å². The smallest absolute Gasteiger partial charge is 0.326 e. The summed E-state index contributed by atoms with van der Waals surface area (Å²) in [5, 5.41) is 9.18. The number of aliphatic hydroxyl groups excluding tert-OH is 1. The highest BCUT2D eigenvalue weighted by atomic mass is 16.5. The van der Waals surface area contributed by atoms with Gasteiger partial charge >= 0.3 is 5.97 Å². The molecule has 2 rings (SSSR count). The van der Waals surface area contributed by atoms with Gasteiger partial charge in [-0.1, -0.05) is 19.9 Å². The highest BCUT2D eigenvalue weighted by Gasteiger charge is 2.28. The third-order valence-electron chi connectivity index (χ3n) is 3.01. The van der Waals surface area contributed by atoms with Gasteiger partial charge in [0.15, 0.2) is 6.61 Å². The predicted molar refractivity (Wildman–Crippen MR) is 76.0 cm³/mol. The second-order valence-corrected chi connectivity index (χ2v) is 5.31. The zero-order valence-electron chi connectivity index (χ0n) is 12.2. The number of carbonyl (C=O) groups is 2. The fourth-order valence-corrected chi connectivity index (χ4v) is 1.95. The largest absolute Gasteiger partial charge is 0.482 e. The van der Waals surface area contributed by atoms with Crippen molar-refractivity contribution >= 4 is 17.6 Å². The summed E-state index contributed by atoms with van der Waals surface area (Å²) in [5.41, 5.74) is 1.13. The third-order valence-corrected chi connectivity index (χ3v) is 3.01. The van der Waals surface area contributed by atoms with Crippen LogP contribution in [-0.4, -0.2) is 36.7 Å². The van der Waals surface area contributed by atoms with Crippen LogP contribution in [0, 0.1) is 5.92 Å². The van der Waals surface area contributed by atoms with E-state index in [9.17, 15) is 14.7 Å². The molecule has 0 saturated carbocycles. The molecule has 114 valence electrons. The van der Waals surface area contributed by atoms with Crippen LogP contribution in [0.2, 0.25) is 0 Å². The number of fused-ring (bicyclic) bond motifs is 1. The fourth-order valence-electron chi connectivity index (χ4n) is 1.95. The van der Waals surface area contributed by atoms with Crippen molar-refractivity contribution < 1.29 is 24.2 Å². The SMILES string of the molecule is CC(C)COC(=O)CN1C(=O)COc2ccc(CO)cc21. The fraction of sp³-hybridized carbons (Fsp3) is 0.467. The number of aliphatic hydroxyl groups is 1. The Hall–Kier alpha value is -2.08. The molecule has 0 aliphatic carbocycles. The van der Waals surface area contributed by atoms with Gasteiger partial charge in [0, 0.05) is 0 Å². The minimum atomic E-state index is -0.459. The predicted octanol–water partition coefficient (Wildman–Crippen LogP) is 1.10. The minimum Gasteiger partial charge on any atom is -0.482 e. The van der Waals surface area contributed by atoms with E-state index in [0.29, 0.717) is 23.6 Å². The van der Waals surface area contributed by atoms with Crippen molar-refractivity contribution in [2.75, 3.05) is 24.7 Å². The number of rotatable bonds is 5. The van der Waals surface area contributed by atoms with Crippen molar-refractivity contribution in [3.05, 3.63) is 23.8 Å². The van der Waals surface area contributed by atoms with Gasteiger partial charge in [0.05, 0.1) is 18.9 Å². The van der Waals surface area contributed by atoms with Crippen molar-refractivity contribution in [2.24, 2.45) is 5.92 Å². The number of amides is 1. The lowest BCUT2D eigenvalue weighted by Gasteiger charge is -2.29. The van der Waals surface area contributed by atoms with Gasteiger partial charge in [-0.05, 0) is 23.6 Å². The van der Waals surface area contributed by atoms with Crippen LogP contribution in [0.1, 0.15) is 19.4 Å². The molecule has 1 aromatic carbocycles. The van der Waals surface area contributed by atoms with E-state index < -0.39 is 5.97 Å². The molecule has 1 aliphatic rings. The van der Waals surface area contributed by atoms with Crippen LogP contribution in [0.15, 0.2) is 18.2 Å². The average Bonchev–Trinajstić information content (AvgIpc) is 2.47.